The topological polar surface area (TPSA) is 38.8 Å². The number of carbonyl (C=O) groups is 1. The number of carbonyl (C=O) groups excluding carboxylic acids is 1. The van der Waals surface area contributed by atoms with E-state index in [2.05, 4.69) is 11.8 Å². The smallest absolute Gasteiger partial charge is 0.223 e. The van der Waals surface area contributed by atoms with Gasteiger partial charge in [-0.2, -0.15) is 0 Å². The molecule has 132 valence electrons. The summed E-state index contributed by atoms with van der Waals surface area (Å²) < 4.78 is 11.1. The van der Waals surface area contributed by atoms with Crippen molar-refractivity contribution in [1.29, 1.82) is 0 Å². The Bertz CT molecular complexity index is 998. The van der Waals surface area contributed by atoms with Gasteiger partial charge in [0.1, 0.15) is 11.9 Å². The molecule has 1 aliphatic rings. The van der Waals surface area contributed by atoms with Gasteiger partial charge in [0, 0.05) is 11.1 Å². The maximum atomic E-state index is 13.2. The Labute approximate surface area is 158 Å². The minimum Gasteiger partial charge on any atom is -0.497 e. The third-order valence-electron chi connectivity index (χ3n) is 4.57. The van der Waals surface area contributed by atoms with E-state index in [9.17, 15) is 4.79 Å². The second kappa shape index (κ2) is 7.11. The summed E-state index contributed by atoms with van der Waals surface area (Å²) in [5, 5.41) is 0. The molecule has 1 saturated heterocycles. The Morgan fingerprint density at radius 3 is 2.19 bits per heavy atom. The Morgan fingerprint density at radius 2 is 1.56 bits per heavy atom. The van der Waals surface area contributed by atoms with E-state index in [0.717, 1.165) is 16.9 Å². The molecule has 0 spiro atoms. The average Bonchev–Trinajstić information content (AvgIpc) is 3.49. The highest BCUT2D eigenvalue weighted by atomic mass is 16.6. The maximum absolute atomic E-state index is 13.2. The van der Waals surface area contributed by atoms with E-state index >= 15 is 0 Å². The van der Waals surface area contributed by atoms with Gasteiger partial charge < -0.3 is 9.47 Å². The van der Waals surface area contributed by atoms with Crippen molar-refractivity contribution in [3.05, 3.63) is 102 Å². The van der Waals surface area contributed by atoms with Gasteiger partial charge in [-0.05, 0) is 29.8 Å². The molecule has 3 aromatic carbocycles. The van der Waals surface area contributed by atoms with E-state index in [1.54, 1.807) is 19.2 Å². The lowest BCUT2D eigenvalue weighted by Gasteiger charge is -2.06. The van der Waals surface area contributed by atoms with Crippen LogP contribution in [0, 0.1) is 11.8 Å². The van der Waals surface area contributed by atoms with Crippen LogP contribution in [0.15, 0.2) is 84.9 Å². The molecule has 0 aromatic heterocycles. The van der Waals surface area contributed by atoms with E-state index in [-0.39, 0.29) is 5.78 Å². The van der Waals surface area contributed by atoms with E-state index in [1.807, 2.05) is 72.8 Å². The highest BCUT2D eigenvalue weighted by molar-refractivity contribution is 6.07. The van der Waals surface area contributed by atoms with Crippen LogP contribution in [-0.4, -0.2) is 18.5 Å². The van der Waals surface area contributed by atoms with Crippen molar-refractivity contribution in [2.24, 2.45) is 0 Å². The standard InChI is InChI=1S/C24H18O3/c1-26-21-14-12-20(13-15-21)23-24(27-23,17-16-18-8-4-2-5-9-18)22(25)19-10-6-3-7-11-19/h2-15,23H,1H3/t23-,24-/m0/s1. The van der Waals surface area contributed by atoms with Crippen molar-refractivity contribution < 1.29 is 14.3 Å². The third kappa shape index (κ3) is 3.36. The number of rotatable bonds is 4. The predicted molar refractivity (Wildman–Crippen MR) is 104 cm³/mol. The first-order valence-corrected chi connectivity index (χ1v) is 8.73. The zero-order chi connectivity index (χ0) is 18.7. The van der Waals surface area contributed by atoms with Gasteiger partial charge in [-0.15, -0.1) is 0 Å². The molecule has 0 bridgehead atoms. The number of ether oxygens (including phenoxy) is 2. The third-order valence-corrected chi connectivity index (χ3v) is 4.57. The molecule has 1 fully saturated rings. The highest BCUT2D eigenvalue weighted by Crippen LogP contribution is 2.51. The molecule has 3 heteroatoms. The van der Waals surface area contributed by atoms with Crippen LogP contribution in [0.25, 0.3) is 0 Å². The van der Waals surface area contributed by atoms with E-state index in [4.69, 9.17) is 9.47 Å². The summed E-state index contributed by atoms with van der Waals surface area (Å²) in [6, 6.07) is 26.3. The van der Waals surface area contributed by atoms with E-state index < -0.39 is 11.7 Å². The maximum Gasteiger partial charge on any atom is 0.223 e. The molecule has 1 aliphatic heterocycles. The average molecular weight is 354 g/mol. The summed E-state index contributed by atoms with van der Waals surface area (Å²) in [6.07, 6.45) is -0.396. The molecular formula is C24H18O3. The van der Waals surface area contributed by atoms with E-state index in [1.165, 1.54) is 0 Å². The summed E-state index contributed by atoms with van der Waals surface area (Å²) in [4.78, 5) is 13.2. The first-order chi connectivity index (χ1) is 13.2. The second-order valence-electron chi connectivity index (χ2n) is 6.32. The van der Waals surface area contributed by atoms with Gasteiger partial charge in [0.15, 0.2) is 0 Å². The molecule has 0 unspecified atom stereocenters. The largest absolute Gasteiger partial charge is 0.497 e. The van der Waals surface area contributed by atoms with Gasteiger partial charge in [-0.1, -0.05) is 72.5 Å². The molecule has 3 nitrogen and oxygen atoms in total. The predicted octanol–water partition coefficient (Wildman–Crippen LogP) is 4.44. The lowest BCUT2D eigenvalue weighted by molar-refractivity contribution is 0.0916. The summed E-state index contributed by atoms with van der Waals surface area (Å²) in [7, 11) is 1.62. The minimum atomic E-state index is -1.16. The van der Waals surface area contributed by atoms with Crippen molar-refractivity contribution >= 4 is 5.78 Å². The molecule has 0 saturated carbocycles. The van der Waals surface area contributed by atoms with Gasteiger partial charge in [-0.3, -0.25) is 4.79 Å². The van der Waals surface area contributed by atoms with Crippen molar-refractivity contribution in [3.63, 3.8) is 0 Å². The number of epoxide rings is 1. The van der Waals surface area contributed by atoms with Gasteiger partial charge in [0.05, 0.1) is 7.11 Å². The van der Waals surface area contributed by atoms with Gasteiger partial charge >= 0.3 is 0 Å². The summed E-state index contributed by atoms with van der Waals surface area (Å²) in [6.45, 7) is 0. The zero-order valence-electron chi connectivity index (χ0n) is 14.9. The number of Topliss-reactive ketones (excluding diaryl/α,β-unsaturated/α-hetero) is 1. The molecule has 27 heavy (non-hydrogen) atoms. The molecule has 0 radical (unpaired) electrons. The van der Waals surface area contributed by atoms with Crippen LogP contribution in [0.5, 0.6) is 5.75 Å². The lowest BCUT2D eigenvalue weighted by atomic mass is 9.91. The van der Waals surface area contributed by atoms with Crippen molar-refractivity contribution in [3.8, 4) is 17.6 Å². The van der Waals surface area contributed by atoms with Crippen LogP contribution >= 0.6 is 0 Å². The molecule has 3 aromatic rings. The van der Waals surface area contributed by atoms with Crippen molar-refractivity contribution in [2.75, 3.05) is 7.11 Å². The Balaban J connectivity index is 1.71. The number of methoxy groups -OCH3 is 1. The first-order valence-electron chi connectivity index (χ1n) is 8.73. The zero-order valence-corrected chi connectivity index (χ0v) is 14.9. The number of hydrogen-bond donors (Lipinski definition) is 0. The molecule has 2 atom stereocenters. The minimum absolute atomic E-state index is 0.118. The molecule has 0 amide bonds. The summed E-state index contributed by atoms with van der Waals surface area (Å²) >= 11 is 0. The SMILES string of the molecule is COc1ccc([C@@H]2O[C@@]2(C#Cc2ccccc2)C(=O)c2ccccc2)cc1. The van der Waals surface area contributed by atoms with Crippen LogP contribution in [0.1, 0.15) is 27.6 Å². The highest BCUT2D eigenvalue weighted by Gasteiger charge is 2.62. The lowest BCUT2D eigenvalue weighted by Crippen LogP contribution is -2.24. The van der Waals surface area contributed by atoms with Crippen LogP contribution in [0.2, 0.25) is 0 Å². The van der Waals surface area contributed by atoms with Crippen LogP contribution in [-0.2, 0) is 4.74 Å². The Morgan fingerprint density at radius 1 is 0.926 bits per heavy atom. The van der Waals surface area contributed by atoms with Crippen molar-refractivity contribution in [2.45, 2.75) is 11.7 Å². The molecule has 4 rings (SSSR count). The number of hydrogen-bond acceptors (Lipinski definition) is 3. The molecule has 0 N–H and O–H groups in total. The van der Waals surface area contributed by atoms with E-state index in [0.29, 0.717) is 5.56 Å². The fraction of sp³-hybridized carbons (Fsp3) is 0.125. The molecule has 1 heterocycles. The Kier molecular flexibility index (Phi) is 4.50. The molecular weight excluding hydrogens is 336 g/mol. The second-order valence-corrected chi connectivity index (χ2v) is 6.32. The quantitative estimate of drug-likeness (QED) is 0.395. The van der Waals surface area contributed by atoms with Gasteiger partial charge in [-0.25, -0.2) is 0 Å². The fourth-order valence-electron chi connectivity index (χ4n) is 3.05. The number of benzene rings is 3. The van der Waals surface area contributed by atoms with Crippen LogP contribution in [0.3, 0.4) is 0 Å². The summed E-state index contributed by atoms with van der Waals surface area (Å²) in [5.41, 5.74) is 1.19. The first kappa shape index (κ1) is 17.1. The van der Waals surface area contributed by atoms with Crippen LogP contribution < -0.4 is 4.74 Å². The number of ketones is 1. The normalized spacial score (nSPS) is 20.3. The van der Waals surface area contributed by atoms with Gasteiger partial charge in [0.25, 0.3) is 0 Å². The van der Waals surface area contributed by atoms with Crippen LogP contribution in [0.4, 0.5) is 0 Å². The van der Waals surface area contributed by atoms with Gasteiger partial charge in [0.2, 0.25) is 11.4 Å². The summed E-state index contributed by atoms with van der Waals surface area (Å²) in [5.74, 6) is 6.85. The Hall–Kier alpha value is -3.35. The monoisotopic (exact) mass is 354 g/mol. The fourth-order valence-corrected chi connectivity index (χ4v) is 3.05. The molecule has 0 aliphatic carbocycles. The van der Waals surface area contributed by atoms with Crippen molar-refractivity contribution in [1.82, 2.24) is 0 Å².